The van der Waals surface area contributed by atoms with Gasteiger partial charge in [-0.3, -0.25) is 13.8 Å². The normalized spacial score (nSPS) is 14.4. The molecule has 0 aliphatic rings. The van der Waals surface area contributed by atoms with Crippen LogP contribution in [0.1, 0.15) is 290 Å². The maximum absolute atomic E-state index is 13.0. The van der Waals surface area contributed by atoms with Crippen LogP contribution in [0.15, 0.2) is 12.2 Å². The molecule has 0 aromatic carbocycles. The van der Waals surface area contributed by atoms with E-state index in [1.165, 1.54) is 225 Å². The summed E-state index contributed by atoms with van der Waals surface area (Å²) in [6, 6.07) is -1.03. The fourth-order valence-corrected chi connectivity index (χ4v) is 9.70. The van der Waals surface area contributed by atoms with Crippen molar-refractivity contribution in [1.82, 2.24) is 5.32 Å². The molecular formula is C57H116N2O7P+. The Morgan fingerprint density at radius 3 is 1.19 bits per heavy atom. The van der Waals surface area contributed by atoms with Crippen LogP contribution in [-0.4, -0.2) is 84.6 Å². The van der Waals surface area contributed by atoms with E-state index in [1.807, 2.05) is 21.1 Å². The number of likely N-dealkylation sites (N-methyl/N-ethyl adjacent to an activating group) is 1. The lowest BCUT2D eigenvalue weighted by atomic mass is 9.99. The summed E-state index contributed by atoms with van der Waals surface area (Å²) in [7, 11) is 1.45. The van der Waals surface area contributed by atoms with Crippen molar-refractivity contribution in [2.45, 2.75) is 308 Å². The molecule has 0 aliphatic carbocycles. The average Bonchev–Trinajstić information content (AvgIpc) is 3.29. The molecule has 0 radical (unpaired) electrons. The van der Waals surface area contributed by atoms with Crippen LogP contribution in [-0.2, 0) is 18.4 Å². The molecule has 0 saturated carbocycles. The molecule has 4 unspecified atom stereocenters. The Labute approximate surface area is 416 Å². The van der Waals surface area contributed by atoms with E-state index < -0.39 is 32.7 Å². The highest BCUT2D eigenvalue weighted by Gasteiger charge is 2.32. The number of aliphatic hydroxyl groups excluding tert-OH is 2. The number of hydrogen-bond donors (Lipinski definition) is 4. The third kappa shape index (κ3) is 50.0. The van der Waals surface area contributed by atoms with Crippen molar-refractivity contribution in [3.05, 3.63) is 12.2 Å². The predicted molar refractivity (Wildman–Crippen MR) is 288 cm³/mol. The molecule has 4 atom stereocenters. The standard InChI is InChI=1S/C57H115N2O7P/c1-6-8-10-12-14-16-18-20-21-22-23-24-25-26-27-28-29-30-31-32-33-34-35-36-37-38-40-42-44-46-48-50-56(61)58-54(53-66-67(63,64)65-52-51-59(3,4)5)57(62)55(60)49-47-45-43-41-39-19-17-15-13-11-9-7-2/h22-23,54-55,57,60,62H,6-21,24-53H2,1-5H3,(H-,58,61,63,64)/p+1/b23-22-. The first-order valence-electron chi connectivity index (χ1n) is 29.1. The minimum Gasteiger partial charge on any atom is -0.390 e. The van der Waals surface area contributed by atoms with Gasteiger partial charge in [0.2, 0.25) is 5.91 Å². The van der Waals surface area contributed by atoms with E-state index >= 15 is 0 Å². The molecule has 9 nitrogen and oxygen atoms in total. The zero-order valence-electron chi connectivity index (χ0n) is 45.3. The van der Waals surface area contributed by atoms with Crippen molar-refractivity contribution < 1.29 is 38.0 Å². The van der Waals surface area contributed by atoms with E-state index in [2.05, 4.69) is 31.3 Å². The monoisotopic (exact) mass is 972 g/mol. The number of aliphatic hydroxyl groups is 2. The lowest BCUT2D eigenvalue weighted by Gasteiger charge is -2.28. The van der Waals surface area contributed by atoms with E-state index in [0.29, 0.717) is 23.9 Å². The SMILES string of the molecule is CCCCCCCCCC/C=C\CCCCCCCCCCCCCCCCCCCCCC(=O)NC(COP(=O)(O)OCC[N+](C)(C)C)C(O)C(O)CCCCCCCCCCCCCC. The average molecular weight is 973 g/mol. The molecular weight excluding hydrogens is 856 g/mol. The molecule has 1 amide bonds. The minimum absolute atomic E-state index is 0.0249. The van der Waals surface area contributed by atoms with E-state index in [1.54, 1.807) is 0 Å². The largest absolute Gasteiger partial charge is 0.472 e. The van der Waals surface area contributed by atoms with Gasteiger partial charge in [0.1, 0.15) is 19.3 Å². The molecule has 0 fully saturated rings. The van der Waals surface area contributed by atoms with Crippen molar-refractivity contribution in [2.24, 2.45) is 0 Å². The second-order valence-corrected chi connectivity index (χ2v) is 23.0. The topological polar surface area (TPSA) is 125 Å². The summed E-state index contributed by atoms with van der Waals surface area (Å²) in [5, 5.41) is 24.8. The number of nitrogens with one attached hydrogen (secondary N) is 1. The van der Waals surface area contributed by atoms with Crippen molar-refractivity contribution in [2.75, 3.05) is 40.9 Å². The molecule has 0 heterocycles. The molecule has 0 aromatic heterocycles. The smallest absolute Gasteiger partial charge is 0.390 e. The van der Waals surface area contributed by atoms with Crippen LogP contribution < -0.4 is 5.32 Å². The highest BCUT2D eigenvalue weighted by Crippen LogP contribution is 2.43. The predicted octanol–water partition coefficient (Wildman–Crippen LogP) is 16.4. The molecule has 0 saturated heterocycles. The van der Waals surface area contributed by atoms with Crippen LogP contribution in [0.3, 0.4) is 0 Å². The number of phosphoric acid groups is 1. The van der Waals surface area contributed by atoms with Gasteiger partial charge in [0.15, 0.2) is 0 Å². The van der Waals surface area contributed by atoms with Crippen LogP contribution in [0.25, 0.3) is 0 Å². The Hall–Kier alpha value is -0.800. The molecule has 67 heavy (non-hydrogen) atoms. The zero-order valence-corrected chi connectivity index (χ0v) is 46.2. The number of amides is 1. The minimum atomic E-state index is -4.42. The van der Waals surface area contributed by atoms with Gasteiger partial charge in [-0.05, 0) is 38.5 Å². The van der Waals surface area contributed by atoms with Crippen LogP contribution in [0.5, 0.6) is 0 Å². The summed E-state index contributed by atoms with van der Waals surface area (Å²) < 4.78 is 23.6. The van der Waals surface area contributed by atoms with E-state index in [9.17, 15) is 24.5 Å². The van der Waals surface area contributed by atoms with Crippen LogP contribution >= 0.6 is 7.82 Å². The van der Waals surface area contributed by atoms with E-state index in [-0.39, 0.29) is 12.5 Å². The highest BCUT2D eigenvalue weighted by atomic mass is 31.2. The summed E-state index contributed by atoms with van der Waals surface area (Å²) >= 11 is 0. The summed E-state index contributed by atoms with van der Waals surface area (Å²) in [6.07, 6.45) is 55.9. The van der Waals surface area contributed by atoms with Crippen molar-refractivity contribution in [1.29, 1.82) is 0 Å². The maximum Gasteiger partial charge on any atom is 0.472 e. The highest BCUT2D eigenvalue weighted by molar-refractivity contribution is 7.47. The maximum atomic E-state index is 13.0. The van der Waals surface area contributed by atoms with Gasteiger partial charge in [-0.15, -0.1) is 0 Å². The van der Waals surface area contributed by atoms with Gasteiger partial charge in [-0.25, -0.2) is 4.57 Å². The Morgan fingerprint density at radius 1 is 0.507 bits per heavy atom. The van der Waals surface area contributed by atoms with Crippen LogP contribution in [0, 0.1) is 0 Å². The number of rotatable bonds is 54. The number of carbonyl (C=O) groups excluding carboxylic acids is 1. The summed E-state index contributed by atoms with van der Waals surface area (Å²) in [6.45, 7) is 4.64. The number of unbranched alkanes of at least 4 members (excludes halogenated alkanes) is 38. The molecule has 0 aliphatic heterocycles. The zero-order chi connectivity index (χ0) is 49.4. The Morgan fingerprint density at radius 2 is 0.836 bits per heavy atom. The summed E-state index contributed by atoms with van der Waals surface area (Å²) in [4.78, 5) is 23.3. The third-order valence-corrected chi connectivity index (χ3v) is 14.6. The molecule has 10 heteroatoms. The lowest BCUT2D eigenvalue weighted by Crippen LogP contribution is -2.51. The first kappa shape index (κ1) is 66.2. The van der Waals surface area contributed by atoms with Gasteiger partial charge in [0.05, 0.1) is 39.9 Å². The number of phosphoric ester groups is 1. The van der Waals surface area contributed by atoms with Crippen molar-refractivity contribution >= 4 is 13.7 Å². The number of nitrogens with zero attached hydrogens (tertiary/aromatic N) is 1. The number of hydrogen-bond acceptors (Lipinski definition) is 6. The Balaban J connectivity index is 4.06. The quantitative estimate of drug-likeness (QED) is 0.0207. The van der Waals surface area contributed by atoms with Gasteiger partial charge in [0, 0.05) is 6.42 Å². The van der Waals surface area contributed by atoms with Crippen LogP contribution in [0.4, 0.5) is 0 Å². The third-order valence-electron chi connectivity index (χ3n) is 13.6. The van der Waals surface area contributed by atoms with Gasteiger partial charge < -0.3 is 24.9 Å². The van der Waals surface area contributed by atoms with E-state index in [4.69, 9.17) is 9.05 Å². The molecule has 0 spiro atoms. The summed E-state index contributed by atoms with van der Waals surface area (Å²) in [5.41, 5.74) is 0. The Kier molecular flexibility index (Phi) is 48.2. The van der Waals surface area contributed by atoms with Gasteiger partial charge in [-0.2, -0.15) is 0 Å². The van der Waals surface area contributed by atoms with Gasteiger partial charge >= 0.3 is 7.82 Å². The Bertz CT molecular complexity index is 1120. The first-order valence-corrected chi connectivity index (χ1v) is 30.6. The number of allylic oxidation sites excluding steroid dienone is 2. The number of carbonyl (C=O) groups is 1. The van der Waals surface area contributed by atoms with Crippen molar-refractivity contribution in [3.63, 3.8) is 0 Å². The first-order chi connectivity index (χ1) is 32.4. The van der Waals surface area contributed by atoms with Crippen molar-refractivity contribution in [3.8, 4) is 0 Å². The van der Waals surface area contributed by atoms with Gasteiger partial charge in [-0.1, -0.05) is 257 Å². The van der Waals surface area contributed by atoms with Crippen LogP contribution in [0.2, 0.25) is 0 Å². The fraction of sp³-hybridized carbons (Fsp3) is 0.947. The number of quaternary nitrogens is 1. The molecule has 400 valence electrons. The molecule has 0 bridgehead atoms. The summed E-state index contributed by atoms with van der Waals surface area (Å²) in [5.74, 6) is -0.252. The molecule has 0 aromatic rings. The second kappa shape index (κ2) is 48.8. The lowest BCUT2D eigenvalue weighted by molar-refractivity contribution is -0.870. The fourth-order valence-electron chi connectivity index (χ4n) is 8.96. The second-order valence-electron chi connectivity index (χ2n) is 21.5. The van der Waals surface area contributed by atoms with E-state index in [0.717, 1.165) is 38.5 Å². The molecule has 0 rings (SSSR count). The molecule has 4 N–H and O–H groups in total. The van der Waals surface area contributed by atoms with Gasteiger partial charge in [0.25, 0.3) is 0 Å².